The number of carbonyl (C=O) groups is 1. The van der Waals surface area contributed by atoms with Crippen molar-refractivity contribution in [3.63, 3.8) is 0 Å². The van der Waals surface area contributed by atoms with E-state index in [1.54, 1.807) is 36.5 Å². The molecule has 1 aromatic heterocycles. The summed E-state index contributed by atoms with van der Waals surface area (Å²) in [7, 11) is 1.33. The highest BCUT2D eigenvalue weighted by molar-refractivity contribution is 9.10. The number of nitrogens with zero attached hydrogens (tertiary/aromatic N) is 1. The third-order valence-electron chi connectivity index (χ3n) is 3.80. The SMILES string of the molecule is COC(=O)c1ccc(-n2ccc(OCc3ccccc3)c(Br)c2=O)cc1. The molecule has 0 radical (unpaired) electrons. The highest BCUT2D eigenvalue weighted by atomic mass is 79.9. The number of halogens is 1. The first kappa shape index (κ1) is 17.9. The molecule has 132 valence electrons. The molecule has 26 heavy (non-hydrogen) atoms. The second-order valence-corrected chi connectivity index (χ2v) is 6.27. The van der Waals surface area contributed by atoms with Crippen LogP contribution in [-0.4, -0.2) is 17.6 Å². The Morgan fingerprint density at radius 1 is 1.04 bits per heavy atom. The van der Waals surface area contributed by atoms with Gasteiger partial charge < -0.3 is 9.47 Å². The number of benzene rings is 2. The van der Waals surface area contributed by atoms with Gasteiger partial charge in [-0.25, -0.2) is 4.79 Å². The van der Waals surface area contributed by atoms with Gasteiger partial charge in [0.25, 0.3) is 5.56 Å². The average Bonchev–Trinajstić information content (AvgIpc) is 2.69. The molecule has 5 nitrogen and oxygen atoms in total. The van der Waals surface area contributed by atoms with Gasteiger partial charge in [-0.1, -0.05) is 30.3 Å². The van der Waals surface area contributed by atoms with Gasteiger partial charge in [-0.2, -0.15) is 0 Å². The van der Waals surface area contributed by atoms with E-state index < -0.39 is 5.97 Å². The Bertz CT molecular complexity index is 965. The van der Waals surface area contributed by atoms with Crippen molar-refractivity contribution in [2.24, 2.45) is 0 Å². The maximum absolute atomic E-state index is 12.6. The molecule has 0 saturated carbocycles. The maximum Gasteiger partial charge on any atom is 0.337 e. The van der Waals surface area contributed by atoms with Gasteiger partial charge in [-0.15, -0.1) is 0 Å². The summed E-state index contributed by atoms with van der Waals surface area (Å²) in [6.45, 7) is 0.372. The smallest absolute Gasteiger partial charge is 0.337 e. The molecule has 0 aliphatic heterocycles. The van der Waals surface area contributed by atoms with Gasteiger partial charge in [0.05, 0.1) is 12.7 Å². The molecular formula is C20H16BrNO4. The summed E-state index contributed by atoms with van der Waals surface area (Å²) in [5.41, 5.74) is 1.83. The van der Waals surface area contributed by atoms with Crippen molar-refractivity contribution in [3.8, 4) is 11.4 Å². The number of pyridine rings is 1. The Morgan fingerprint density at radius 3 is 2.38 bits per heavy atom. The van der Waals surface area contributed by atoms with E-state index in [2.05, 4.69) is 20.7 Å². The molecule has 0 fully saturated rings. The lowest BCUT2D eigenvalue weighted by Crippen LogP contribution is -2.19. The molecule has 2 aromatic carbocycles. The number of hydrogen-bond acceptors (Lipinski definition) is 4. The maximum atomic E-state index is 12.6. The molecule has 3 aromatic rings. The second-order valence-electron chi connectivity index (χ2n) is 5.48. The van der Waals surface area contributed by atoms with E-state index >= 15 is 0 Å². The van der Waals surface area contributed by atoms with E-state index in [4.69, 9.17) is 4.74 Å². The van der Waals surface area contributed by atoms with Crippen LogP contribution >= 0.6 is 15.9 Å². The molecule has 0 aliphatic rings. The predicted molar refractivity (Wildman–Crippen MR) is 102 cm³/mol. The highest BCUT2D eigenvalue weighted by Gasteiger charge is 2.11. The zero-order valence-electron chi connectivity index (χ0n) is 14.0. The van der Waals surface area contributed by atoms with Gasteiger partial charge in [-0.05, 0) is 51.8 Å². The van der Waals surface area contributed by atoms with Crippen molar-refractivity contribution in [2.45, 2.75) is 6.61 Å². The summed E-state index contributed by atoms with van der Waals surface area (Å²) in [6.07, 6.45) is 1.64. The molecule has 1 heterocycles. The Morgan fingerprint density at radius 2 is 1.73 bits per heavy atom. The van der Waals surface area contributed by atoms with Crippen LogP contribution < -0.4 is 10.3 Å². The first-order chi connectivity index (χ1) is 12.6. The largest absolute Gasteiger partial charge is 0.487 e. The minimum absolute atomic E-state index is 0.249. The van der Waals surface area contributed by atoms with Crippen LogP contribution in [0, 0.1) is 0 Å². The number of aromatic nitrogens is 1. The number of ether oxygens (including phenoxy) is 2. The molecule has 6 heteroatoms. The molecule has 0 atom stereocenters. The summed E-state index contributed by atoms with van der Waals surface area (Å²) in [6, 6.07) is 18.0. The Balaban J connectivity index is 1.83. The van der Waals surface area contributed by atoms with E-state index in [0.717, 1.165) is 5.56 Å². The number of methoxy groups -OCH3 is 1. The van der Waals surface area contributed by atoms with E-state index in [1.165, 1.54) is 11.7 Å². The quantitative estimate of drug-likeness (QED) is 0.593. The van der Waals surface area contributed by atoms with Crippen LogP contribution in [0.15, 0.2) is 76.1 Å². The van der Waals surface area contributed by atoms with Crippen LogP contribution in [0.4, 0.5) is 0 Å². The van der Waals surface area contributed by atoms with Crippen LogP contribution in [0.3, 0.4) is 0 Å². The second kappa shape index (κ2) is 8.01. The molecule has 0 bridgehead atoms. The fourth-order valence-electron chi connectivity index (χ4n) is 2.42. The minimum atomic E-state index is -0.422. The van der Waals surface area contributed by atoms with Crippen molar-refractivity contribution < 1.29 is 14.3 Å². The van der Waals surface area contributed by atoms with E-state index in [9.17, 15) is 9.59 Å². The molecule has 0 amide bonds. The van der Waals surface area contributed by atoms with Crippen molar-refractivity contribution in [3.05, 3.63) is 92.8 Å². The summed E-state index contributed by atoms with van der Waals surface area (Å²) in [5.74, 6) is 0.0519. The summed E-state index contributed by atoms with van der Waals surface area (Å²) >= 11 is 3.32. The Labute approximate surface area is 158 Å². The first-order valence-electron chi connectivity index (χ1n) is 7.87. The number of esters is 1. The molecule has 0 N–H and O–H groups in total. The Kier molecular flexibility index (Phi) is 5.53. The van der Waals surface area contributed by atoms with Gasteiger partial charge in [-0.3, -0.25) is 9.36 Å². The van der Waals surface area contributed by atoms with Crippen LogP contribution in [0.2, 0.25) is 0 Å². The summed E-state index contributed by atoms with van der Waals surface area (Å²) < 4.78 is 12.2. The topological polar surface area (TPSA) is 57.5 Å². The molecule has 3 rings (SSSR count). The standard InChI is InChI=1S/C20H16BrNO4/c1-25-20(24)15-7-9-16(10-8-15)22-12-11-17(18(21)19(22)23)26-13-14-5-3-2-4-6-14/h2-12H,13H2,1H3. The van der Waals surface area contributed by atoms with Crippen LogP contribution in [-0.2, 0) is 11.3 Å². The summed E-state index contributed by atoms with van der Waals surface area (Å²) in [5, 5.41) is 0. The van der Waals surface area contributed by atoms with E-state index in [-0.39, 0.29) is 5.56 Å². The fourth-order valence-corrected chi connectivity index (χ4v) is 2.86. The van der Waals surface area contributed by atoms with Gasteiger partial charge in [0.15, 0.2) is 0 Å². The van der Waals surface area contributed by atoms with Gasteiger partial charge in [0.2, 0.25) is 0 Å². The first-order valence-corrected chi connectivity index (χ1v) is 8.66. The lowest BCUT2D eigenvalue weighted by molar-refractivity contribution is 0.0601. The highest BCUT2D eigenvalue weighted by Crippen LogP contribution is 2.22. The third-order valence-corrected chi connectivity index (χ3v) is 4.53. The molecule has 0 spiro atoms. The van der Waals surface area contributed by atoms with Gasteiger partial charge in [0.1, 0.15) is 16.8 Å². The summed E-state index contributed by atoms with van der Waals surface area (Å²) in [4.78, 5) is 24.1. The monoisotopic (exact) mass is 413 g/mol. The lowest BCUT2D eigenvalue weighted by Gasteiger charge is -2.11. The number of rotatable bonds is 5. The van der Waals surface area contributed by atoms with Crippen molar-refractivity contribution in [1.82, 2.24) is 4.57 Å². The van der Waals surface area contributed by atoms with Crippen molar-refractivity contribution >= 4 is 21.9 Å². The van der Waals surface area contributed by atoms with Crippen molar-refractivity contribution in [1.29, 1.82) is 0 Å². The van der Waals surface area contributed by atoms with Crippen molar-refractivity contribution in [2.75, 3.05) is 7.11 Å². The Hall–Kier alpha value is -2.86. The van der Waals surface area contributed by atoms with E-state index in [1.807, 2.05) is 30.3 Å². The zero-order chi connectivity index (χ0) is 18.5. The van der Waals surface area contributed by atoms with E-state index in [0.29, 0.717) is 28.1 Å². The van der Waals surface area contributed by atoms with Crippen LogP contribution in [0.5, 0.6) is 5.75 Å². The van der Waals surface area contributed by atoms with Gasteiger partial charge in [0, 0.05) is 11.9 Å². The number of carbonyl (C=O) groups excluding carboxylic acids is 1. The minimum Gasteiger partial charge on any atom is -0.487 e. The van der Waals surface area contributed by atoms with Gasteiger partial charge >= 0.3 is 5.97 Å². The van der Waals surface area contributed by atoms with Crippen LogP contribution in [0.25, 0.3) is 5.69 Å². The predicted octanol–water partition coefficient (Wildman–Crippen LogP) is 3.97. The lowest BCUT2D eigenvalue weighted by atomic mass is 10.2. The average molecular weight is 414 g/mol. The molecule has 0 saturated heterocycles. The molecule has 0 aliphatic carbocycles. The molecule has 0 unspecified atom stereocenters. The normalized spacial score (nSPS) is 10.4. The van der Waals surface area contributed by atoms with Crippen LogP contribution in [0.1, 0.15) is 15.9 Å². The molecular weight excluding hydrogens is 398 g/mol. The third kappa shape index (κ3) is 3.86. The fraction of sp³-hybridized carbons (Fsp3) is 0.100. The zero-order valence-corrected chi connectivity index (χ0v) is 15.6. The number of hydrogen-bond donors (Lipinski definition) is 0.